The first-order chi connectivity index (χ1) is 38.7. The van der Waals surface area contributed by atoms with E-state index in [-0.39, 0.29) is 0 Å². The smallest absolute Gasteiger partial charge is 0.164 e. The number of hydrogen-bond acceptors (Lipinski definition) is 4. The molecule has 78 heavy (non-hydrogen) atoms. The van der Waals surface area contributed by atoms with E-state index in [2.05, 4.69) is 259 Å². The van der Waals surface area contributed by atoms with Gasteiger partial charge in [-0.05, 0) is 136 Å². The fraction of sp³-hybridized carbons (Fsp3) is 0. The lowest BCUT2D eigenvalue weighted by molar-refractivity contribution is 1.07. The van der Waals surface area contributed by atoms with Crippen LogP contribution in [0, 0.1) is 0 Å². The van der Waals surface area contributed by atoms with Gasteiger partial charge in [0, 0.05) is 58.9 Å². The lowest BCUT2D eigenvalue weighted by Crippen LogP contribution is -2.02. The Morgan fingerprint density at radius 1 is 0.256 bits per heavy atom. The van der Waals surface area contributed by atoms with E-state index in [1.54, 1.807) is 0 Å². The summed E-state index contributed by atoms with van der Waals surface area (Å²) in [5, 5.41) is 21.9. The molecule has 0 amide bonds. The number of para-hydroxylation sites is 1. The van der Waals surface area contributed by atoms with Crippen LogP contribution < -0.4 is 0 Å². The molecule has 0 saturated heterocycles. The zero-order valence-corrected chi connectivity index (χ0v) is 42.8. The van der Waals surface area contributed by atoms with Crippen LogP contribution in [-0.4, -0.2) is 19.5 Å². The van der Waals surface area contributed by atoms with E-state index < -0.39 is 0 Å². The molecule has 0 aliphatic carbocycles. The quantitative estimate of drug-likeness (QED) is 0.161. The molecular formula is C73H42N4S. The summed E-state index contributed by atoms with van der Waals surface area (Å²) in [6.45, 7) is 0. The van der Waals surface area contributed by atoms with Crippen molar-refractivity contribution in [1.82, 2.24) is 19.5 Å². The summed E-state index contributed by atoms with van der Waals surface area (Å²) in [6.07, 6.45) is 0. The second-order valence-electron chi connectivity index (χ2n) is 20.6. The molecular weight excluding hydrogens is 965 g/mol. The monoisotopic (exact) mass is 1010 g/mol. The maximum absolute atomic E-state index is 5.61. The minimum atomic E-state index is 0.606. The van der Waals surface area contributed by atoms with E-state index in [1.807, 2.05) is 11.3 Å². The summed E-state index contributed by atoms with van der Waals surface area (Å²) >= 11 is 1.84. The van der Waals surface area contributed by atoms with E-state index >= 15 is 0 Å². The number of hydrogen-bond donors (Lipinski definition) is 0. The molecule has 5 heteroatoms. The van der Waals surface area contributed by atoms with E-state index in [0.29, 0.717) is 17.5 Å². The molecule has 0 atom stereocenters. The molecule has 3 aromatic heterocycles. The van der Waals surface area contributed by atoms with Gasteiger partial charge in [0.2, 0.25) is 0 Å². The van der Waals surface area contributed by atoms with Crippen molar-refractivity contribution in [1.29, 1.82) is 0 Å². The van der Waals surface area contributed by atoms with Gasteiger partial charge in [0.05, 0.1) is 11.0 Å². The average molecular weight is 1010 g/mol. The van der Waals surface area contributed by atoms with Crippen molar-refractivity contribution in [2.45, 2.75) is 0 Å². The van der Waals surface area contributed by atoms with Crippen molar-refractivity contribution < 1.29 is 0 Å². The average Bonchev–Trinajstić information content (AvgIpc) is 4.23. The zero-order valence-electron chi connectivity index (χ0n) is 41.9. The predicted molar refractivity (Wildman–Crippen MR) is 331 cm³/mol. The molecule has 0 spiro atoms. The molecule has 0 aliphatic heterocycles. The molecule has 0 unspecified atom stereocenters. The fourth-order valence-corrected chi connectivity index (χ4v) is 14.1. The Balaban J connectivity index is 0.959. The molecule has 3 heterocycles. The molecule has 0 N–H and O–H groups in total. The summed E-state index contributed by atoms with van der Waals surface area (Å²) in [6, 6.07) is 93.0. The van der Waals surface area contributed by atoms with Gasteiger partial charge in [0.15, 0.2) is 17.5 Å². The van der Waals surface area contributed by atoms with Crippen molar-refractivity contribution in [3.8, 4) is 51.0 Å². The van der Waals surface area contributed by atoms with Crippen molar-refractivity contribution in [2.75, 3.05) is 0 Å². The minimum Gasteiger partial charge on any atom is -0.309 e. The first-order valence-corrected chi connectivity index (χ1v) is 27.4. The van der Waals surface area contributed by atoms with Gasteiger partial charge in [-0.1, -0.05) is 200 Å². The van der Waals surface area contributed by atoms with Crippen LogP contribution in [0.4, 0.5) is 0 Å². The van der Waals surface area contributed by atoms with Crippen molar-refractivity contribution in [3.05, 3.63) is 255 Å². The Kier molecular flexibility index (Phi) is 9.26. The highest BCUT2D eigenvalue weighted by Gasteiger charge is 2.23. The summed E-state index contributed by atoms with van der Waals surface area (Å²) in [7, 11) is 0. The Bertz CT molecular complexity index is 5170. The number of aromatic nitrogens is 4. The number of benzene rings is 14. The molecule has 17 rings (SSSR count). The molecule has 0 fully saturated rings. The Morgan fingerprint density at radius 3 is 1.31 bits per heavy atom. The molecule has 17 aromatic rings. The van der Waals surface area contributed by atoms with Crippen LogP contribution in [0.1, 0.15) is 0 Å². The van der Waals surface area contributed by atoms with Crippen LogP contribution in [0.25, 0.3) is 168 Å². The lowest BCUT2D eigenvalue weighted by atomic mass is 9.93. The van der Waals surface area contributed by atoms with Crippen molar-refractivity contribution in [3.63, 3.8) is 0 Å². The van der Waals surface area contributed by atoms with Crippen LogP contribution in [-0.2, 0) is 0 Å². The van der Waals surface area contributed by atoms with E-state index in [9.17, 15) is 0 Å². The van der Waals surface area contributed by atoms with Crippen molar-refractivity contribution >= 4 is 129 Å². The van der Waals surface area contributed by atoms with Gasteiger partial charge >= 0.3 is 0 Å². The number of thiophene rings is 1. The highest BCUT2D eigenvalue weighted by atomic mass is 32.1. The summed E-state index contributed by atoms with van der Waals surface area (Å²) in [5.41, 5.74) is 8.32. The van der Waals surface area contributed by atoms with E-state index in [4.69, 9.17) is 15.0 Å². The van der Waals surface area contributed by atoms with Crippen LogP contribution in [0.15, 0.2) is 255 Å². The third-order valence-electron chi connectivity index (χ3n) is 16.4. The Labute approximate surface area is 451 Å². The van der Waals surface area contributed by atoms with Gasteiger partial charge in [0.25, 0.3) is 0 Å². The Hall–Kier alpha value is -10.1. The van der Waals surface area contributed by atoms with Gasteiger partial charge in [-0.3, -0.25) is 0 Å². The molecule has 0 radical (unpaired) electrons. The predicted octanol–water partition coefficient (Wildman–Crippen LogP) is 20.1. The van der Waals surface area contributed by atoms with Crippen molar-refractivity contribution in [2.24, 2.45) is 0 Å². The van der Waals surface area contributed by atoms with Gasteiger partial charge < -0.3 is 4.57 Å². The second kappa shape index (κ2) is 16.7. The van der Waals surface area contributed by atoms with Gasteiger partial charge in [-0.25, -0.2) is 15.0 Å². The highest BCUT2D eigenvalue weighted by molar-refractivity contribution is 7.26. The van der Waals surface area contributed by atoms with Crippen LogP contribution >= 0.6 is 11.3 Å². The minimum absolute atomic E-state index is 0.606. The standard InChI is InChI=1S/C73H42N4S/c1-2-17-44-41-68-66(38-43(44)16-1)58-26-11-13-30-67(58)77(68)47-34-37-62(65(42-47)61-29-15-28-60-59-27-12-14-31-69(59)78-70(60)61)73-75-71(45-32-35-56-52-22-5-3-18-48(52)50-20-7-9-24-54(50)63(56)39-45)74-72(76-73)46-33-36-57-53-23-6-4-19-49(53)51-21-8-10-25-55(51)64(57)40-46/h1-42H. The number of rotatable bonds is 5. The van der Waals surface area contributed by atoms with Gasteiger partial charge in [0.1, 0.15) is 0 Å². The van der Waals surface area contributed by atoms with E-state index in [1.165, 1.54) is 95.6 Å². The largest absolute Gasteiger partial charge is 0.309 e. The molecule has 360 valence electrons. The lowest BCUT2D eigenvalue weighted by Gasteiger charge is -2.17. The Morgan fingerprint density at radius 2 is 0.718 bits per heavy atom. The normalized spacial score (nSPS) is 12.1. The summed E-state index contributed by atoms with van der Waals surface area (Å²) in [5.74, 6) is 1.83. The van der Waals surface area contributed by atoms with Gasteiger partial charge in [-0.2, -0.15) is 0 Å². The molecule has 0 aliphatic rings. The fourth-order valence-electron chi connectivity index (χ4n) is 12.8. The van der Waals surface area contributed by atoms with E-state index in [0.717, 1.165) is 55.3 Å². The third kappa shape index (κ3) is 6.43. The molecule has 14 aromatic carbocycles. The zero-order chi connectivity index (χ0) is 51.0. The molecule has 0 saturated carbocycles. The number of nitrogens with zero attached hydrogens (tertiary/aromatic N) is 4. The molecule has 4 nitrogen and oxygen atoms in total. The maximum Gasteiger partial charge on any atom is 0.164 e. The molecule has 0 bridgehead atoms. The second-order valence-corrected chi connectivity index (χ2v) is 21.6. The third-order valence-corrected chi connectivity index (χ3v) is 17.6. The SMILES string of the molecule is c1ccc2cc3c(cc2c1)c1ccccc1n3-c1ccc(-c2nc(-c3ccc4c5ccccc5c5ccccc5c4c3)nc(-c3ccc4c5ccccc5c5ccccc5c4c3)n2)c(-c2cccc3c2sc2ccccc23)c1. The first kappa shape index (κ1) is 43.2. The van der Waals surface area contributed by atoms with Gasteiger partial charge in [-0.15, -0.1) is 11.3 Å². The van der Waals surface area contributed by atoms with Crippen LogP contribution in [0.2, 0.25) is 0 Å². The van der Waals surface area contributed by atoms with Crippen LogP contribution in [0.5, 0.6) is 0 Å². The summed E-state index contributed by atoms with van der Waals surface area (Å²) in [4.78, 5) is 16.7. The highest BCUT2D eigenvalue weighted by Crippen LogP contribution is 2.46. The maximum atomic E-state index is 5.61. The first-order valence-electron chi connectivity index (χ1n) is 26.6. The topological polar surface area (TPSA) is 43.6 Å². The van der Waals surface area contributed by atoms with Crippen LogP contribution in [0.3, 0.4) is 0 Å². The summed E-state index contributed by atoms with van der Waals surface area (Å²) < 4.78 is 4.92. The number of fused-ring (bicyclic) bond motifs is 19.